The maximum Gasteiger partial charge on any atom is 0.223 e. The third kappa shape index (κ3) is 2.54. The van der Waals surface area contributed by atoms with Crippen LogP contribution < -0.4 is 10.1 Å². The van der Waals surface area contributed by atoms with Crippen LogP contribution in [-0.4, -0.2) is 13.0 Å². The van der Waals surface area contributed by atoms with E-state index in [0.717, 1.165) is 17.7 Å². The lowest BCUT2D eigenvalue weighted by molar-refractivity contribution is -0.122. The van der Waals surface area contributed by atoms with Gasteiger partial charge in [0, 0.05) is 12.5 Å². The number of ether oxygens (including phenoxy) is 1. The number of benzene rings is 1. The molecule has 1 aromatic carbocycles. The zero-order chi connectivity index (χ0) is 11.5. The molecule has 0 saturated heterocycles. The molecule has 16 heavy (non-hydrogen) atoms. The smallest absolute Gasteiger partial charge is 0.223 e. The number of amides is 1. The van der Waals surface area contributed by atoms with Gasteiger partial charge in [-0.3, -0.25) is 4.79 Å². The minimum absolute atomic E-state index is 0.184. The number of carbonyl (C=O) groups is 1. The Morgan fingerprint density at radius 2 is 2.06 bits per heavy atom. The highest BCUT2D eigenvalue weighted by molar-refractivity contribution is 5.81. The topological polar surface area (TPSA) is 38.3 Å². The second-order valence-electron chi connectivity index (χ2n) is 4.39. The van der Waals surface area contributed by atoms with Crippen LogP contribution in [0.3, 0.4) is 0 Å². The Morgan fingerprint density at radius 3 is 2.56 bits per heavy atom. The summed E-state index contributed by atoms with van der Waals surface area (Å²) in [5.41, 5.74) is 1.10. The summed E-state index contributed by atoms with van der Waals surface area (Å²) in [6.45, 7) is 2.71. The minimum atomic E-state index is 0.184. The summed E-state index contributed by atoms with van der Waals surface area (Å²) in [6, 6.07) is 7.74. The van der Waals surface area contributed by atoms with Crippen molar-refractivity contribution in [2.45, 2.75) is 19.9 Å². The summed E-state index contributed by atoms with van der Waals surface area (Å²) in [5, 5.41) is 2.95. The fourth-order valence-corrected chi connectivity index (χ4v) is 1.75. The van der Waals surface area contributed by atoms with Gasteiger partial charge in [0.15, 0.2) is 0 Å². The zero-order valence-corrected chi connectivity index (χ0v) is 9.69. The SMILES string of the molecule is COc1ccc(CNC(=O)[C@H]2C[C@@H]2C)cc1. The van der Waals surface area contributed by atoms with Gasteiger partial charge in [-0.25, -0.2) is 0 Å². The van der Waals surface area contributed by atoms with Crippen LogP contribution in [0.15, 0.2) is 24.3 Å². The van der Waals surface area contributed by atoms with Gasteiger partial charge in [0.05, 0.1) is 7.11 Å². The first-order valence-corrected chi connectivity index (χ1v) is 5.61. The molecule has 0 aliphatic heterocycles. The maximum atomic E-state index is 11.6. The van der Waals surface area contributed by atoms with Crippen molar-refractivity contribution in [1.82, 2.24) is 5.32 Å². The fraction of sp³-hybridized carbons (Fsp3) is 0.462. The molecular formula is C13H17NO2. The summed E-state index contributed by atoms with van der Waals surface area (Å²) in [4.78, 5) is 11.6. The molecule has 86 valence electrons. The molecule has 1 amide bonds. The standard InChI is InChI=1S/C13H17NO2/c1-9-7-12(9)13(15)14-8-10-3-5-11(16-2)6-4-10/h3-6,9,12H,7-8H2,1-2H3,(H,14,15)/t9-,12-/m0/s1. The first-order chi connectivity index (χ1) is 7.70. The van der Waals surface area contributed by atoms with Gasteiger partial charge < -0.3 is 10.1 Å². The first-order valence-electron chi connectivity index (χ1n) is 5.61. The second kappa shape index (κ2) is 4.56. The first kappa shape index (κ1) is 11.0. The van der Waals surface area contributed by atoms with Gasteiger partial charge in [0.1, 0.15) is 5.75 Å². The average molecular weight is 219 g/mol. The molecule has 3 nitrogen and oxygen atoms in total. The predicted octanol–water partition coefficient (Wildman–Crippen LogP) is 1.97. The highest BCUT2D eigenvalue weighted by Crippen LogP contribution is 2.37. The van der Waals surface area contributed by atoms with Crippen LogP contribution in [0.25, 0.3) is 0 Å². The van der Waals surface area contributed by atoms with Gasteiger partial charge in [-0.1, -0.05) is 19.1 Å². The summed E-state index contributed by atoms with van der Waals surface area (Å²) in [7, 11) is 1.64. The third-order valence-electron chi connectivity index (χ3n) is 3.07. The highest BCUT2D eigenvalue weighted by atomic mass is 16.5. The Labute approximate surface area is 95.8 Å². The maximum absolute atomic E-state index is 11.6. The summed E-state index contributed by atoms with van der Waals surface area (Å²) in [6.07, 6.45) is 1.04. The Morgan fingerprint density at radius 1 is 1.44 bits per heavy atom. The molecule has 0 radical (unpaired) electrons. The molecule has 0 bridgehead atoms. The molecule has 1 aliphatic rings. The molecule has 1 aromatic rings. The van der Waals surface area contributed by atoms with Crippen LogP contribution in [0.5, 0.6) is 5.75 Å². The van der Waals surface area contributed by atoms with E-state index in [1.54, 1.807) is 7.11 Å². The lowest BCUT2D eigenvalue weighted by Gasteiger charge is -2.05. The molecule has 2 rings (SSSR count). The molecule has 3 heteroatoms. The van der Waals surface area contributed by atoms with Crippen molar-refractivity contribution in [3.05, 3.63) is 29.8 Å². The van der Waals surface area contributed by atoms with Crippen LogP contribution >= 0.6 is 0 Å². The van der Waals surface area contributed by atoms with Crippen molar-refractivity contribution < 1.29 is 9.53 Å². The van der Waals surface area contributed by atoms with Crippen LogP contribution in [0.1, 0.15) is 18.9 Å². The molecule has 1 N–H and O–H groups in total. The Balaban J connectivity index is 1.82. The second-order valence-corrected chi connectivity index (χ2v) is 4.39. The van der Waals surface area contributed by atoms with Gasteiger partial charge >= 0.3 is 0 Å². The van der Waals surface area contributed by atoms with Crippen molar-refractivity contribution in [1.29, 1.82) is 0 Å². The van der Waals surface area contributed by atoms with Crippen molar-refractivity contribution in [2.24, 2.45) is 11.8 Å². The van der Waals surface area contributed by atoms with Crippen molar-refractivity contribution >= 4 is 5.91 Å². The Bertz CT molecular complexity index is 372. The molecule has 0 spiro atoms. The van der Waals surface area contributed by atoms with Crippen LogP contribution in [0.4, 0.5) is 0 Å². The Hall–Kier alpha value is -1.51. The van der Waals surface area contributed by atoms with Gasteiger partial charge in [0.2, 0.25) is 5.91 Å². The number of methoxy groups -OCH3 is 1. The van der Waals surface area contributed by atoms with E-state index in [1.807, 2.05) is 24.3 Å². The highest BCUT2D eigenvalue weighted by Gasteiger charge is 2.38. The van der Waals surface area contributed by atoms with Crippen LogP contribution in [0.2, 0.25) is 0 Å². The van der Waals surface area contributed by atoms with Crippen molar-refractivity contribution in [3.63, 3.8) is 0 Å². The number of carbonyl (C=O) groups excluding carboxylic acids is 1. The van der Waals surface area contributed by atoms with Gasteiger partial charge in [-0.05, 0) is 30.0 Å². The van der Waals surface area contributed by atoms with E-state index >= 15 is 0 Å². The lowest BCUT2D eigenvalue weighted by Crippen LogP contribution is -2.24. The van der Waals surface area contributed by atoms with E-state index in [4.69, 9.17) is 4.74 Å². The third-order valence-corrected chi connectivity index (χ3v) is 3.07. The Kier molecular flexibility index (Phi) is 3.13. The van der Waals surface area contributed by atoms with E-state index < -0.39 is 0 Å². The summed E-state index contributed by atoms with van der Waals surface area (Å²) in [5.74, 6) is 1.84. The van der Waals surface area contributed by atoms with Crippen molar-refractivity contribution in [2.75, 3.05) is 7.11 Å². The van der Waals surface area contributed by atoms with Crippen LogP contribution in [-0.2, 0) is 11.3 Å². The van der Waals surface area contributed by atoms with Crippen LogP contribution in [0, 0.1) is 11.8 Å². The van der Waals surface area contributed by atoms with Gasteiger partial charge in [-0.2, -0.15) is 0 Å². The quantitative estimate of drug-likeness (QED) is 0.840. The molecule has 1 saturated carbocycles. The molecule has 0 unspecified atom stereocenters. The molecule has 0 heterocycles. The van der Waals surface area contributed by atoms with Gasteiger partial charge in [-0.15, -0.1) is 0 Å². The van der Waals surface area contributed by atoms with E-state index in [0.29, 0.717) is 12.5 Å². The summed E-state index contributed by atoms with van der Waals surface area (Å²) >= 11 is 0. The van der Waals surface area contributed by atoms with E-state index in [-0.39, 0.29) is 11.8 Å². The number of hydrogen-bond acceptors (Lipinski definition) is 2. The summed E-state index contributed by atoms with van der Waals surface area (Å²) < 4.78 is 5.07. The molecule has 2 atom stereocenters. The minimum Gasteiger partial charge on any atom is -0.497 e. The van der Waals surface area contributed by atoms with E-state index in [2.05, 4.69) is 12.2 Å². The normalized spacial score (nSPS) is 22.6. The fourth-order valence-electron chi connectivity index (χ4n) is 1.75. The van der Waals surface area contributed by atoms with E-state index in [1.165, 1.54) is 0 Å². The molecule has 1 aliphatic carbocycles. The molecular weight excluding hydrogens is 202 g/mol. The van der Waals surface area contributed by atoms with Gasteiger partial charge in [0.25, 0.3) is 0 Å². The molecule has 1 fully saturated rings. The average Bonchev–Trinajstić information content (AvgIpc) is 3.04. The lowest BCUT2D eigenvalue weighted by atomic mass is 10.2. The number of nitrogens with one attached hydrogen (secondary N) is 1. The zero-order valence-electron chi connectivity index (χ0n) is 9.69. The van der Waals surface area contributed by atoms with Crippen molar-refractivity contribution in [3.8, 4) is 5.75 Å². The number of hydrogen-bond donors (Lipinski definition) is 1. The monoisotopic (exact) mass is 219 g/mol. The molecule has 0 aromatic heterocycles. The van der Waals surface area contributed by atoms with E-state index in [9.17, 15) is 4.79 Å². The number of rotatable bonds is 4. The predicted molar refractivity (Wildman–Crippen MR) is 62.1 cm³/mol. The largest absolute Gasteiger partial charge is 0.497 e.